The predicted molar refractivity (Wildman–Crippen MR) is 136 cm³/mol. The molecule has 0 bridgehead atoms. The van der Waals surface area contributed by atoms with Gasteiger partial charge in [-0.25, -0.2) is 4.39 Å². The topological polar surface area (TPSA) is 51.6 Å². The van der Waals surface area contributed by atoms with Crippen molar-refractivity contribution in [1.82, 2.24) is 14.9 Å². The Morgan fingerprint density at radius 1 is 0.971 bits per heavy atom. The molecule has 0 aliphatic carbocycles. The van der Waals surface area contributed by atoms with Gasteiger partial charge in [0.1, 0.15) is 5.82 Å². The molecule has 35 heavy (non-hydrogen) atoms. The van der Waals surface area contributed by atoms with Gasteiger partial charge < -0.3 is 24.3 Å². The van der Waals surface area contributed by atoms with Crippen LogP contribution in [0.3, 0.4) is 0 Å². The Kier molecular flexibility index (Phi) is 5.18. The van der Waals surface area contributed by atoms with Crippen molar-refractivity contribution in [1.29, 1.82) is 0 Å². The standard InChI is InChI=1S/C27H23FN4O2S/c1-16-13-21(17(2)31(16)19-8-6-18(28)7-9-19)26-25(22-5-3-4-12-29-22)30-27(35)32(26)20-10-11-23-24(14-20)34-15-33-23/h3-14,25-26H,15H2,1-2H3,(H,30,35)/t25-,26-/m1/s1. The molecule has 176 valence electrons. The van der Waals surface area contributed by atoms with Gasteiger partial charge in [0, 0.05) is 35.0 Å². The fraction of sp³-hybridized carbons (Fsp3) is 0.185. The molecule has 0 unspecified atom stereocenters. The predicted octanol–water partition coefficient (Wildman–Crippen LogP) is 5.53. The van der Waals surface area contributed by atoms with Crippen LogP contribution in [-0.2, 0) is 0 Å². The van der Waals surface area contributed by atoms with Crippen LogP contribution in [-0.4, -0.2) is 21.5 Å². The third-order valence-corrected chi connectivity index (χ3v) is 6.92. The first-order valence-electron chi connectivity index (χ1n) is 11.4. The number of nitrogens with one attached hydrogen (secondary N) is 1. The summed E-state index contributed by atoms with van der Waals surface area (Å²) in [5.74, 6) is 1.16. The Labute approximate surface area is 207 Å². The van der Waals surface area contributed by atoms with E-state index in [-0.39, 0.29) is 24.7 Å². The first-order chi connectivity index (χ1) is 17.0. The molecule has 0 amide bonds. The minimum absolute atomic E-state index is 0.168. The summed E-state index contributed by atoms with van der Waals surface area (Å²) in [6.07, 6.45) is 1.79. The Balaban J connectivity index is 1.51. The van der Waals surface area contributed by atoms with Crippen LogP contribution >= 0.6 is 12.2 Å². The van der Waals surface area contributed by atoms with Gasteiger partial charge in [-0.2, -0.15) is 0 Å². The van der Waals surface area contributed by atoms with Crippen molar-refractivity contribution in [2.75, 3.05) is 11.7 Å². The van der Waals surface area contributed by atoms with Crippen LogP contribution < -0.4 is 19.7 Å². The number of hydrogen-bond acceptors (Lipinski definition) is 4. The van der Waals surface area contributed by atoms with Gasteiger partial charge in [-0.05, 0) is 86.2 Å². The highest BCUT2D eigenvalue weighted by Gasteiger charge is 2.42. The molecule has 2 aliphatic rings. The van der Waals surface area contributed by atoms with Crippen LogP contribution in [0.4, 0.5) is 10.1 Å². The number of anilines is 1. The monoisotopic (exact) mass is 486 g/mol. The number of fused-ring (bicyclic) bond motifs is 1. The van der Waals surface area contributed by atoms with E-state index >= 15 is 0 Å². The minimum Gasteiger partial charge on any atom is -0.454 e. The van der Waals surface area contributed by atoms with Crippen molar-refractivity contribution in [3.8, 4) is 17.2 Å². The highest BCUT2D eigenvalue weighted by Crippen LogP contribution is 2.46. The molecule has 2 atom stereocenters. The van der Waals surface area contributed by atoms with E-state index in [4.69, 9.17) is 21.7 Å². The summed E-state index contributed by atoms with van der Waals surface area (Å²) in [7, 11) is 0. The van der Waals surface area contributed by atoms with Gasteiger partial charge in [0.2, 0.25) is 6.79 Å². The lowest BCUT2D eigenvalue weighted by Gasteiger charge is -2.28. The number of ether oxygens (including phenoxy) is 2. The maximum atomic E-state index is 13.6. The van der Waals surface area contributed by atoms with Gasteiger partial charge >= 0.3 is 0 Å². The maximum Gasteiger partial charge on any atom is 0.231 e. The van der Waals surface area contributed by atoms with Crippen LogP contribution in [0.15, 0.2) is 72.9 Å². The number of benzene rings is 2. The molecular weight excluding hydrogens is 463 g/mol. The average Bonchev–Trinajstić information content (AvgIpc) is 3.55. The molecule has 1 N–H and O–H groups in total. The van der Waals surface area contributed by atoms with Crippen LogP contribution in [0.25, 0.3) is 5.69 Å². The summed E-state index contributed by atoms with van der Waals surface area (Å²) in [4.78, 5) is 6.76. The molecule has 6 nitrogen and oxygen atoms in total. The molecule has 0 radical (unpaired) electrons. The molecule has 2 aromatic heterocycles. The molecule has 1 saturated heterocycles. The van der Waals surface area contributed by atoms with Crippen molar-refractivity contribution in [3.63, 3.8) is 0 Å². The van der Waals surface area contributed by atoms with Crippen molar-refractivity contribution in [2.24, 2.45) is 0 Å². The fourth-order valence-electron chi connectivity index (χ4n) is 5.06. The number of pyridine rings is 1. The second-order valence-electron chi connectivity index (χ2n) is 8.67. The first-order valence-corrected chi connectivity index (χ1v) is 11.8. The number of aromatic nitrogens is 2. The van der Waals surface area contributed by atoms with Crippen molar-refractivity contribution >= 4 is 23.0 Å². The van der Waals surface area contributed by atoms with Crippen LogP contribution in [0.1, 0.15) is 34.7 Å². The summed E-state index contributed by atoms with van der Waals surface area (Å²) in [5.41, 5.74) is 5.92. The van der Waals surface area contributed by atoms with E-state index in [1.54, 1.807) is 18.3 Å². The number of aryl methyl sites for hydroxylation is 1. The number of rotatable bonds is 4. The normalized spacial score (nSPS) is 18.7. The summed E-state index contributed by atoms with van der Waals surface area (Å²) in [5, 5.41) is 4.11. The molecule has 4 heterocycles. The SMILES string of the molecule is Cc1cc([C@@H]2[C@@H](c3ccccn3)NC(=S)N2c2ccc3c(c2)OCO3)c(C)n1-c1ccc(F)cc1. The highest BCUT2D eigenvalue weighted by molar-refractivity contribution is 7.80. The molecule has 4 aromatic rings. The lowest BCUT2D eigenvalue weighted by atomic mass is 9.96. The number of hydrogen-bond donors (Lipinski definition) is 1. The average molecular weight is 487 g/mol. The molecule has 0 saturated carbocycles. The Bertz CT molecular complexity index is 1420. The molecule has 1 fully saturated rings. The third-order valence-electron chi connectivity index (χ3n) is 6.61. The summed E-state index contributed by atoms with van der Waals surface area (Å²) in [6, 6.07) is 20.2. The van der Waals surface area contributed by atoms with Crippen LogP contribution in [0.2, 0.25) is 0 Å². The van der Waals surface area contributed by atoms with E-state index in [9.17, 15) is 4.39 Å². The van der Waals surface area contributed by atoms with E-state index in [0.29, 0.717) is 10.9 Å². The molecule has 2 aliphatic heterocycles. The molecule has 8 heteroatoms. The summed E-state index contributed by atoms with van der Waals surface area (Å²) >= 11 is 5.86. The van der Waals surface area contributed by atoms with E-state index in [1.165, 1.54) is 12.1 Å². The van der Waals surface area contributed by atoms with Crippen LogP contribution in [0, 0.1) is 19.7 Å². The van der Waals surface area contributed by atoms with Crippen LogP contribution in [0.5, 0.6) is 11.5 Å². The summed E-state index contributed by atoms with van der Waals surface area (Å²) in [6.45, 7) is 4.35. The van der Waals surface area contributed by atoms with E-state index in [0.717, 1.165) is 39.8 Å². The number of nitrogens with zero attached hydrogens (tertiary/aromatic N) is 3. The van der Waals surface area contributed by atoms with Gasteiger partial charge in [0.25, 0.3) is 0 Å². The van der Waals surface area contributed by atoms with Crippen molar-refractivity contribution in [3.05, 3.63) is 101 Å². The highest BCUT2D eigenvalue weighted by atomic mass is 32.1. The number of halogens is 1. The maximum absolute atomic E-state index is 13.6. The molecule has 2 aromatic carbocycles. The molecular formula is C27H23FN4O2S. The van der Waals surface area contributed by atoms with Crippen molar-refractivity contribution in [2.45, 2.75) is 25.9 Å². The van der Waals surface area contributed by atoms with E-state index in [1.807, 2.05) is 36.4 Å². The second-order valence-corrected chi connectivity index (χ2v) is 9.06. The quantitative estimate of drug-likeness (QED) is 0.383. The van der Waals surface area contributed by atoms with Gasteiger partial charge in [-0.15, -0.1) is 0 Å². The zero-order valence-electron chi connectivity index (χ0n) is 19.2. The lowest BCUT2D eigenvalue weighted by molar-refractivity contribution is 0.174. The zero-order valence-corrected chi connectivity index (χ0v) is 20.1. The van der Waals surface area contributed by atoms with Crippen molar-refractivity contribution < 1.29 is 13.9 Å². The third kappa shape index (κ3) is 3.61. The van der Waals surface area contributed by atoms with E-state index < -0.39 is 0 Å². The Hall–Kier alpha value is -3.91. The van der Waals surface area contributed by atoms with Gasteiger partial charge in [-0.3, -0.25) is 4.98 Å². The Morgan fingerprint density at radius 2 is 1.74 bits per heavy atom. The minimum atomic E-state index is -0.258. The number of thiocarbonyl (C=S) groups is 1. The smallest absolute Gasteiger partial charge is 0.231 e. The largest absolute Gasteiger partial charge is 0.454 e. The van der Waals surface area contributed by atoms with Gasteiger partial charge in [0.15, 0.2) is 16.6 Å². The first kappa shape index (κ1) is 21.6. The van der Waals surface area contributed by atoms with Gasteiger partial charge in [0.05, 0.1) is 17.8 Å². The van der Waals surface area contributed by atoms with Gasteiger partial charge in [-0.1, -0.05) is 6.07 Å². The molecule has 6 rings (SSSR count). The zero-order chi connectivity index (χ0) is 24.1. The molecule has 0 spiro atoms. The van der Waals surface area contributed by atoms with E-state index in [2.05, 4.69) is 39.7 Å². The second kappa shape index (κ2) is 8.39. The Morgan fingerprint density at radius 3 is 2.51 bits per heavy atom. The summed E-state index contributed by atoms with van der Waals surface area (Å²) < 4.78 is 26.9. The lowest BCUT2D eigenvalue weighted by Crippen LogP contribution is -2.29. The fourth-order valence-corrected chi connectivity index (χ4v) is 5.40.